The maximum atomic E-state index is 5.67. The van der Waals surface area contributed by atoms with E-state index in [0.29, 0.717) is 6.10 Å². The summed E-state index contributed by atoms with van der Waals surface area (Å²) >= 11 is 0. The van der Waals surface area contributed by atoms with Gasteiger partial charge in [-0.2, -0.15) is 0 Å². The average Bonchev–Trinajstić information content (AvgIpc) is 2.84. The van der Waals surface area contributed by atoms with Gasteiger partial charge >= 0.3 is 0 Å². The van der Waals surface area contributed by atoms with Crippen molar-refractivity contribution in [2.24, 2.45) is 0 Å². The fraction of sp³-hybridized carbons (Fsp3) is 0.714. The SMILES string of the molecule is CCNCc1coc(CN2CCOC(CC)C2)c1. The lowest BCUT2D eigenvalue weighted by atomic mass is 10.2. The van der Waals surface area contributed by atoms with E-state index < -0.39 is 0 Å². The van der Waals surface area contributed by atoms with E-state index in [1.807, 2.05) is 6.26 Å². The number of nitrogens with zero attached hydrogens (tertiary/aromatic N) is 1. The molecular formula is C14H24N2O2. The van der Waals surface area contributed by atoms with E-state index in [0.717, 1.165) is 51.5 Å². The molecule has 0 spiro atoms. The topological polar surface area (TPSA) is 37.6 Å². The van der Waals surface area contributed by atoms with Gasteiger partial charge in [0.25, 0.3) is 0 Å². The standard InChI is InChI=1S/C14H24N2O2/c1-3-13-9-16(5-6-17-13)10-14-7-12(11-18-14)8-15-4-2/h7,11,13,15H,3-6,8-10H2,1-2H3. The van der Waals surface area contributed by atoms with E-state index in [-0.39, 0.29) is 0 Å². The summed E-state index contributed by atoms with van der Waals surface area (Å²) in [6.45, 7) is 9.91. The van der Waals surface area contributed by atoms with Crippen LogP contribution in [0.15, 0.2) is 16.7 Å². The van der Waals surface area contributed by atoms with Crippen LogP contribution in [-0.4, -0.2) is 37.2 Å². The highest BCUT2D eigenvalue weighted by molar-refractivity contribution is 5.12. The lowest BCUT2D eigenvalue weighted by Crippen LogP contribution is -2.41. The molecule has 1 fully saturated rings. The average molecular weight is 252 g/mol. The van der Waals surface area contributed by atoms with Gasteiger partial charge < -0.3 is 14.5 Å². The van der Waals surface area contributed by atoms with E-state index in [2.05, 4.69) is 30.1 Å². The van der Waals surface area contributed by atoms with Gasteiger partial charge in [-0.05, 0) is 19.0 Å². The van der Waals surface area contributed by atoms with Gasteiger partial charge in [0.1, 0.15) is 5.76 Å². The van der Waals surface area contributed by atoms with Gasteiger partial charge in [0, 0.05) is 25.2 Å². The normalized spacial score (nSPS) is 21.3. The van der Waals surface area contributed by atoms with Crippen molar-refractivity contribution in [1.29, 1.82) is 0 Å². The quantitative estimate of drug-likeness (QED) is 0.840. The Hall–Kier alpha value is -0.840. The molecule has 4 heteroatoms. The van der Waals surface area contributed by atoms with Crippen LogP contribution in [0.2, 0.25) is 0 Å². The molecule has 1 aliphatic rings. The maximum absolute atomic E-state index is 5.67. The molecule has 0 aromatic carbocycles. The summed E-state index contributed by atoms with van der Waals surface area (Å²) in [5, 5.41) is 3.30. The predicted molar refractivity (Wildman–Crippen MR) is 71.4 cm³/mol. The minimum Gasteiger partial charge on any atom is -0.468 e. The Kier molecular flexibility index (Phi) is 5.23. The molecule has 18 heavy (non-hydrogen) atoms. The zero-order valence-corrected chi connectivity index (χ0v) is 11.4. The first-order valence-corrected chi connectivity index (χ1v) is 6.92. The highest BCUT2D eigenvalue weighted by atomic mass is 16.5. The number of hydrogen-bond donors (Lipinski definition) is 1. The first-order valence-electron chi connectivity index (χ1n) is 6.92. The third kappa shape index (κ3) is 3.83. The maximum Gasteiger partial charge on any atom is 0.118 e. The lowest BCUT2D eigenvalue weighted by Gasteiger charge is -2.31. The Bertz CT molecular complexity index is 351. The Balaban J connectivity index is 1.83. The summed E-state index contributed by atoms with van der Waals surface area (Å²) in [6.07, 6.45) is 3.32. The number of furan rings is 1. The molecule has 1 saturated heterocycles. The Morgan fingerprint density at radius 2 is 2.33 bits per heavy atom. The van der Waals surface area contributed by atoms with Crippen LogP contribution in [0.1, 0.15) is 31.6 Å². The summed E-state index contributed by atoms with van der Waals surface area (Å²) in [6, 6.07) is 2.15. The molecule has 0 aliphatic carbocycles. The van der Waals surface area contributed by atoms with Crippen molar-refractivity contribution in [1.82, 2.24) is 10.2 Å². The molecular weight excluding hydrogens is 228 g/mol. The summed E-state index contributed by atoms with van der Waals surface area (Å²) in [5.74, 6) is 1.06. The van der Waals surface area contributed by atoms with Crippen LogP contribution in [0.5, 0.6) is 0 Å². The van der Waals surface area contributed by atoms with Crippen LogP contribution in [0.3, 0.4) is 0 Å². The Labute approximate surface area is 109 Å². The van der Waals surface area contributed by atoms with E-state index >= 15 is 0 Å². The molecule has 1 N–H and O–H groups in total. The van der Waals surface area contributed by atoms with Gasteiger partial charge in [-0.25, -0.2) is 0 Å². The largest absolute Gasteiger partial charge is 0.468 e. The molecule has 0 bridgehead atoms. The number of ether oxygens (including phenoxy) is 1. The third-order valence-corrected chi connectivity index (χ3v) is 3.34. The molecule has 4 nitrogen and oxygen atoms in total. The summed E-state index contributed by atoms with van der Waals surface area (Å²) < 4.78 is 11.3. The second-order valence-corrected chi connectivity index (χ2v) is 4.84. The zero-order valence-electron chi connectivity index (χ0n) is 11.4. The molecule has 102 valence electrons. The first-order chi connectivity index (χ1) is 8.81. The predicted octanol–water partition coefficient (Wildman–Crippen LogP) is 2.00. The molecule has 1 atom stereocenters. The van der Waals surface area contributed by atoms with Crippen molar-refractivity contribution in [2.45, 2.75) is 39.5 Å². The van der Waals surface area contributed by atoms with Crippen LogP contribution < -0.4 is 5.32 Å². The monoisotopic (exact) mass is 252 g/mol. The molecule has 0 saturated carbocycles. The summed E-state index contributed by atoms with van der Waals surface area (Å²) in [7, 11) is 0. The molecule has 2 rings (SSSR count). The fourth-order valence-electron chi connectivity index (χ4n) is 2.26. The van der Waals surface area contributed by atoms with Gasteiger partial charge in [-0.1, -0.05) is 13.8 Å². The van der Waals surface area contributed by atoms with Crippen molar-refractivity contribution in [2.75, 3.05) is 26.2 Å². The van der Waals surface area contributed by atoms with Crippen molar-refractivity contribution in [3.63, 3.8) is 0 Å². The second kappa shape index (κ2) is 6.92. The number of hydrogen-bond acceptors (Lipinski definition) is 4. The van der Waals surface area contributed by atoms with Gasteiger partial charge in [-0.3, -0.25) is 4.90 Å². The van der Waals surface area contributed by atoms with Crippen molar-refractivity contribution >= 4 is 0 Å². The molecule has 1 unspecified atom stereocenters. The van der Waals surface area contributed by atoms with Gasteiger partial charge in [0.05, 0.1) is 25.5 Å². The first kappa shape index (κ1) is 13.6. The van der Waals surface area contributed by atoms with Crippen LogP contribution in [-0.2, 0) is 17.8 Å². The van der Waals surface area contributed by atoms with E-state index in [4.69, 9.17) is 9.15 Å². The smallest absolute Gasteiger partial charge is 0.118 e. The van der Waals surface area contributed by atoms with Crippen LogP contribution >= 0.6 is 0 Å². The molecule has 1 aromatic rings. The minimum atomic E-state index is 0.384. The second-order valence-electron chi connectivity index (χ2n) is 4.84. The van der Waals surface area contributed by atoms with E-state index in [1.165, 1.54) is 5.56 Å². The summed E-state index contributed by atoms with van der Waals surface area (Å²) in [5.41, 5.74) is 1.23. The molecule has 2 heterocycles. The Morgan fingerprint density at radius 3 is 3.11 bits per heavy atom. The highest BCUT2D eigenvalue weighted by Crippen LogP contribution is 2.14. The minimum absolute atomic E-state index is 0.384. The van der Waals surface area contributed by atoms with Crippen LogP contribution in [0, 0.1) is 0 Å². The number of rotatable bonds is 6. The van der Waals surface area contributed by atoms with E-state index in [1.54, 1.807) is 0 Å². The number of nitrogens with one attached hydrogen (secondary N) is 1. The van der Waals surface area contributed by atoms with Crippen LogP contribution in [0.25, 0.3) is 0 Å². The molecule has 0 radical (unpaired) electrons. The van der Waals surface area contributed by atoms with Gasteiger partial charge in [0.2, 0.25) is 0 Å². The third-order valence-electron chi connectivity index (χ3n) is 3.34. The highest BCUT2D eigenvalue weighted by Gasteiger charge is 2.19. The molecule has 0 amide bonds. The van der Waals surface area contributed by atoms with Crippen molar-refractivity contribution in [3.05, 3.63) is 23.7 Å². The van der Waals surface area contributed by atoms with Crippen molar-refractivity contribution < 1.29 is 9.15 Å². The number of morpholine rings is 1. The Morgan fingerprint density at radius 1 is 1.44 bits per heavy atom. The zero-order chi connectivity index (χ0) is 12.8. The van der Waals surface area contributed by atoms with Crippen molar-refractivity contribution in [3.8, 4) is 0 Å². The summed E-state index contributed by atoms with van der Waals surface area (Å²) in [4.78, 5) is 2.41. The molecule has 1 aliphatic heterocycles. The lowest BCUT2D eigenvalue weighted by molar-refractivity contribution is -0.0341. The fourth-order valence-corrected chi connectivity index (χ4v) is 2.26. The van der Waals surface area contributed by atoms with Gasteiger partial charge in [0.15, 0.2) is 0 Å². The van der Waals surface area contributed by atoms with Crippen LogP contribution in [0.4, 0.5) is 0 Å². The molecule has 1 aromatic heterocycles. The van der Waals surface area contributed by atoms with E-state index in [9.17, 15) is 0 Å². The van der Waals surface area contributed by atoms with Gasteiger partial charge in [-0.15, -0.1) is 0 Å².